The first-order valence-electron chi connectivity index (χ1n) is 14.1. The monoisotopic (exact) mass is 608 g/mol. The highest BCUT2D eigenvalue weighted by molar-refractivity contribution is 6.76. The molecular formula is C29H42F2N4O6Si. The van der Waals surface area contributed by atoms with E-state index < -0.39 is 50.0 Å². The SMILES string of the molecule is COC(=O)Nc1ccc2c(c1)C(=O)C(F)(F)CCCCC(NC(=O)OC(C)(C)C)c1nc-2cn1COCC[Si](C)(C)C. The zero-order chi connectivity index (χ0) is 31.3. The van der Waals surface area contributed by atoms with Gasteiger partial charge in [0.1, 0.15) is 18.2 Å². The molecule has 13 heteroatoms. The summed E-state index contributed by atoms with van der Waals surface area (Å²) in [4.78, 5) is 42.5. The van der Waals surface area contributed by atoms with E-state index in [1.54, 1.807) is 31.5 Å². The Morgan fingerprint density at radius 1 is 1.14 bits per heavy atom. The number of rotatable bonds is 7. The van der Waals surface area contributed by atoms with Gasteiger partial charge in [0.15, 0.2) is 0 Å². The van der Waals surface area contributed by atoms with Gasteiger partial charge in [-0.25, -0.2) is 14.6 Å². The molecular weight excluding hydrogens is 566 g/mol. The molecule has 0 saturated heterocycles. The van der Waals surface area contributed by atoms with Gasteiger partial charge in [0.05, 0.1) is 18.8 Å². The minimum Gasteiger partial charge on any atom is -0.453 e. The molecule has 0 aliphatic carbocycles. The number of anilines is 1. The van der Waals surface area contributed by atoms with E-state index in [-0.39, 0.29) is 35.7 Å². The molecule has 2 heterocycles. The molecule has 2 aromatic rings. The summed E-state index contributed by atoms with van der Waals surface area (Å²) in [6, 6.07) is 4.41. The van der Waals surface area contributed by atoms with Gasteiger partial charge >= 0.3 is 18.1 Å². The second kappa shape index (κ2) is 13.3. The van der Waals surface area contributed by atoms with Crippen LogP contribution in [0.2, 0.25) is 25.7 Å². The Balaban J connectivity index is 2.11. The van der Waals surface area contributed by atoms with Crippen LogP contribution in [0.1, 0.15) is 68.7 Å². The van der Waals surface area contributed by atoms with E-state index in [1.165, 1.54) is 25.3 Å². The maximum atomic E-state index is 15.2. The Bertz CT molecular complexity index is 1290. The predicted octanol–water partition coefficient (Wildman–Crippen LogP) is 7.00. The van der Waals surface area contributed by atoms with E-state index in [1.807, 2.05) is 0 Å². The number of methoxy groups -OCH3 is 1. The molecule has 0 radical (unpaired) electrons. The van der Waals surface area contributed by atoms with E-state index in [2.05, 4.69) is 35.0 Å². The molecule has 2 N–H and O–H groups in total. The number of fused-ring (bicyclic) bond motifs is 4. The van der Waals surface area contributed by atoms with Crippen molar-refractivity contribution < 1.29 is 37.4 Å². The molecule has 2 amide bonds. The van der Waals surface area contributed by atoms with Gasteiger partial charge in [-0.2, -0.15) is 8.78 Å². The highest BCUT2D eigenvalue weighted by atomic mass is 28.3. The third kappa shape index (κ3) is 9.35. The van der Waals surface area contributed by atoms with Crippen molar-refractivity contribution in [3.05, 3.63) is 35.8 Å². The van der Waals surface area contributed by atoms with Crippen LogP contribution in [-0.4, -0.2) is 60.8 Å². The fourth-order valence-corrected chi connectivity index (χ4v) is 5.16. The number of nitrogens with zero attached hydrogens (tertiary/aromatic N) is 2. The molecule has 1 aliphatic rings. The Morgan fingerprint density at radius 3 is 2.50 bits per heavy atom. The van der Waals surface area contributed by atoms with Crippen molar-refractivity contribution in [2.75, 3.05) is 19.0 Å². The van der Waals surface area contributed by atoms with Gasteiger partial charge in [-0.1, -0.05) is 26.1 Å². The second-order valence-corrected chi connectivity index (χ2v) is 18.3. The number of Topliss-reactive ketones (excluding diaryl/α,β-unsaturated/α-hetero) is 1. The number of halogens is 2. The average molecular weight is 609 g/mol. The molecule has 2 bridgehead atoms. The normalized spacial score (nSPS) is 17.4. The van der Waals surface area contributed by atoms with Crippen LogP contribution < -0.4 is 10.6 Å². The van der Waals surface area contributed by atoms with Gasteiger partial charge in [0.25, 0.3) is 0 Å². The lowest BCUT2D eigenvalue weighted by Crippen LogP contribution is -2.36. The highest BCUT2D eigenvalue weighted by Crippen LogP contribution is 2.36. The molecule has 1 aromatic carbocycles. The van der Waals surface area contributed by atoms with Crippen molar-refractivity contribution in [3.8, 4) is 11.3 Å². The number of aromatic nitrogens is 2. The van der Waals surface area contributed by atoms with Crippen LogP contribution in [0.25, 0.3) is 11.3 Å². The number of hydrogen-bond acceptors (Lipinski definition) is 7. The van der Waals surface area contributed by atoms with Crippen LogP contribution in [0.3, 0.4) is 0 Å². The molecule has 10 nitrogen and oxygen atoms in total. The Hall–Kier alpha value is -3.32. The van der Waals surface area contributed by atoms with Crippen molar-refractivity contribution in [1.29, 1.82) is 0 Å². The van der Waals surface area contributed by atoms with E-state index >= 15 is 8.78 Å². The van der Waals surface area contributed by atoms with Crippen LogP contribution in [0, 0.1) is 0 Å². The van der Waals surface area contributed by atoms with Crippen LogP contribution in [0.5, 0.6) is 0 Å². The number of ether oxygens (including phenoxy) is 3. The molecule has 1 aromatic heterocycles. The van der Waals surface area contributed by atoms with Crippen LogP contribution >= 0.6 is 0 Å². The highest BCUT2D eigenvalue weighted by Gasteiger charge is 2.41. The summed E-state index contributed by atoms with van der Waals surface area (Å²) in [6.45, 7) is 12.6. The number of amides is 2. The van der Waals surface area contributed by atoms with Gasteiger partial charge in [-0.15, -0.1) is 0 Å². The molecule has 0 saturated carbocycles. The number of hydrogen-bond donors (Lipinski definition) is 2. The van der Waals surface area contributed by atoms with E-state index in [0.717, 1.165) is 6.04 Å². The smallest absolute Gasteiger partial charge is 0.411 e. The molecule has 232 valence electrons. The Morgan fingerprint density at radius 2 is 1.86 bits per heavy atom. The number of carbonyl (C=O) groups is 3. The minimum absolute atomic E-state index is 0.0287. The lowest BCUT2D eigenvalue weighted by molar-refractivity contribution is 0.00327. The second-order valence-electron chi connectivity index (χ2n) is 12.7. The summed E-state index contributed by atoms with van der Waals surface area (Å²) in [6.07, 6.45) is 0.107. The van der Waals surface area contributed by atoms with Crippen LogP contribution in [0.15, 0.2) is 24.4 Å². The molecule has 42 heavy (non-hydrogen) atoms. The standard InChI is InChI=1S/C29H42F2N4O6Si/c1-28(2,3)41-27(38)34-22-10-8-9-13-29(30,31)24(36)21-16-19(32-26(37)39-4)11-12-20(21)23-17-35(25(22)33-23)18-40-14-15-42(5,6)7/h11-12,16-17,22H,8-10,13-15,18H2,1-7H3,(H,32,37)(H,34,38). The molecule has 0 spiro atoms. The molecule has 3 rings (SSSR count). The summed E-state index contributed by atoms with van der Waals surface area (Å²) in [5.74, 6) is -4.57. The quantitative estimate of drug-likeness (QED) is 0.256. The summed E-state index contributed by atoms with van der Waals surface area (Å²) in [7, 11) is -0.188. The molecule has 1 aliphatic heterocycles. The topological polar surface area (TPSA) is 121 Å². The first-order valence-corrected chi connectivity index (χ1v) is 17.8. The lowest BCUT2D eigenvalue weighted by Gasteiger charge is -2.24. The Kier molecular flexibility index (Phi) is 10.5. The minimum atomic E-state index is -3.66. The fraction of sp³-hybridized carbons (Fsp3) is 0.586. The van der Waals surface area contributed by atoms with Crippen LogP contribution in [-0.2, 0) is 20.9 Å². The first kappa shape index (κ1) is 33.2. The summed E-state index contributed by atoms with van der Waals surface area (Å²) < 4.78 is 48.2. The van der Waals surface area contributed by atoms with E-state index in [0.29, 0.717) is 25.3 Å². The largest absolute Gasteiger partial charge is 0.453 e. The van der Waals surface area contributed by atoms with Crippen LogP contribution in [0.4, 0.5) is 24.1 Å². The van der Waals surface area contributed by atoms with Gasteiger partial charge in [0.2, 0.25) is 5.78 Å². The van der Waals surface area contributed by atoms with Crippen molar-refractivity contribution in [2.24, 2.45) is 0 Å². The predicted molar refractivity (Wildman–Crippen MR) is 158 cm³/mol. The molecule has 0 fully saturated rings. The molecule has 1 unspecified atom stereocenters. The summed E-state index contributed by atoms with van der Waals surface area (Å²) in [5.41, 5.74) is -0.502. The van der Waals surface area contributed by atoms with Gasteiger partial charge in [-0.05, 0) is 57.9 Å². The van der Waals surface area contributed by atoms with Gasteiger partial charge < -0.3 is 24.1 Å². The van der Waals surface area contributed by atoms with Crippen molar-refractivity contribution in [2.45, 2.75) is 96.4 Å². The number of alkyl carbamates (subject to hydrolysis) is 1. The number of benzene rings is 1. The van der Waals surface area contributed by atoms with Crippen molar-refractivity contribution in [3.63, 3.8) is 0 Å². The lowest BCUT2D eigenvalue weighted by atomic mass is 9.94. The zero-order valence-corrected chi connectivity index (χ0v) is 26.4. The summed E-state index contributed by atoms with van der Waals surface area (Å²) >= 11 is 0. The number of imidazole rings is 1. The summed E-state index contributed by atoms with van der Waals surface area (Å²) in [5, 5.41) is 5.28. The van der Waals surface area contributed by atoms with Crippen molar-refractivity contribution in [1.82, 2.24) is 14.9 Å². The maximum absolute atomic E-state index is 15.2. The molecule has 1 atom stereocenters. The van der Waals surface area contributed by atoms with Crippen molar-refractivity contribution >= 4 is 31.7 Å². The third-order valence-corrected chi connectivity index (χ3v) is 8.28. The third-order valence-electron chi connectivity index (χ3n) is 6.57. The average Bonchev–Trinajstić information content (AvgIpc) is 3.29. The van der Waals surface area contributed by atoms with Gasteiger partial charge in [-0.3, -0.25) is 10.1 Å². The number of alkyl halides is 2. The Labute approximate surface area is 246 Å². The van der Waals surface area contributed by atoms with Gasteiger partial charge in [0, 0.05) is 44.1 Å². The maximum Gasteiger partial charge on any atom is 0.411 e. The fourth-order valence-electron chi connectivity index (χ4n) is 4.41. The zero-order valence-electron chi connectivity index (χ0n) is 25.4. The van der Waals surface area contributed by atoms with E-state index in [9.17, 15) is 14.4 Å². The number of ketones is 1. The van der Waals surface area contributed by atoms with E-state index in [4.69, 9.17) is 14.5 Å². The first-order chi connectivity index (χ1) is 19.5. The number of carbonyl (C=O) groups excluding carboxylic acids is 3. The number of nitrogens with one attached hydrogen (secondary N) is 2.